The van der Waals surface area contributed by atoms with E-state index in [-0.39, 0.29) is 12.2 Å². The molecule has 0 bridgehead atoms. The monoisotopic (exact) mass is 365 g/mol. The Labute approximate surface area is 138 Å². The molecule has 136 valence electrons. The molecule has 0 saturated carbocycles. The van der Waals surface area contributed by atoms with Crippen molar-refractivity contribution in [2.75, 3.05) is 12.3 Å². The molecule has 0 aliphatic heterocycles. The fraction of sp³-hybridized carbons (Fsp3) is 0.333. The SMILES string of the molecule is Cc1cc(Cc2nc(OCC(F)(F)F)cc(C(F)(F)F)n2)ccc1N. The van der Waals surface area contributed by atoms with E-state index in [1.807, 2.05) is 0 Å². The number of nitrogen functional groups attached to an aromatic ring is 1. The first-order valence-electron chi connectivity index (χ1n) is 6.94. The molecule has 0 fully saturated rings. The Morgan fingerprint density at radius 1 is 1.04 bits per heavy atom. The third kappa shape index (κ3) is 5.50. The molecule has 25 heavy (non-hydrogen) atoms. The molecular formula is C15H13F6N3O. The van der Waals surface area contributed by atoms with Gasteiger partial charge in [0.2, 0.25) is 5.88 Å². The lowest BCUT2D eigenvalue weighted by Crippen LogP contribution is -2.21. The van der Waals surface area contributed by atoms with Gasteiger partial charge < -0.3 is 10.5 Å². The van der Waals surface area contributed by atoms with Crippen LogP contribution in [0.1, 0.15) is 22.6 Å². The first-order chi connectivity index (χ1) is 11.4. The number of alkyl halides is 6. The lowest BCUT2D eigenvalue weighted by Gasteiger charge is -2.13. The Balaban J connectivity index is 2.33. The molecule has 0 amide bonds. The average molecular weight is 365 g/mol. The molecule has 0 radical (unpaired) electrons. The van der Waals surface area contributed by atoms with Crippen molar-refractivity contribution >= 4 is 5.69 Å². The molecule has 1 heterocycles. The number of aromatic nitrogens is 2. The van der Waals surface area contributed by atoms with Crippen LogP contribution in [0.5, 0.6) is 5.88 Å². The molecule has 0 atom stereocenters. The van der Waals surface area contributed by atoms with E-state index < -0.39 is 30.5 Å². The van der Waals surface area contributed by atoms with E-state index in [1.165, 1.54) is 0 Å². The molecule has 2 rings (SSSR count). The third-order valence-electron chi connectivity index (χ3n) is 3.12. The molecule has 2 aromatic rings. The zero-order chi connectivity index (χ0) is 18.8. The second-order valence-electron chi connectivity index (χ2n) is 5.28. The number of halogens is 6. The summed E-state index contributed by atoms with van der Waals surface area (Å²) in [4.78, 5) is 7.00. The Morgan fingerprint density at radius 2 is 1.72 bits per heavy atom. The zero-order valence-electron chi connectivity index (χ0n) is 12.9. The summed E-state index contributed by atoms with van der Waals surface area (Å²) in [6.45, 7) is -0.0363. The van der Waals surface area contributed by atoms with Gasteiger partial charge in [-0.1, -0.05) is 12.1 Å². The summed E-state index contributed by atoms with van der Waals surface area (Å²) < 4.78 is 79.6. The van der Waals surface area contributed by atoms with Crippen LogP contribution in [0.25, 0.3) is 0 Å². The molecule has 0 unspecified atom stereocenters. The van der Waals surface area contributed by atoms with Gasteiger partial charge in [-0.3, -0.25) is 0 Å². The van der Waals surface area contributed by atoms with E-state index in [4.69, 9.17) is 5.73 Å². The van der Waals surface area contributed by atoms with Crippen molar-refractivity contribution < 1.29 is 31.1 Å². The Bertz CT molecular complexity index is 758. The maximum Gasteiger partial charge on any atom is 0.433 e. The zero-order valence-corrected chi connectivity index (χ0v) is 12.9. The maximum atomic E-state index is 12.9. The molecule has 10 heteroatoms. The largest absolute Gasteiger partial charge is 0.468 e. The van der Waals surface area contributed by atoms with Crippen LogP contribution in [-0.2, 0) is 12.6 Å². The standard InChI is InChI=1S/C15H13F6N3O/c1-8-4-9(2-3-10(8)22)5-12-23-11(15(19,20)21)6-13(24-12)25-7-14(16,17)18/h2-4,6H,5,7,22H2,1H3. The molecule has 0 spiro atoms. The van der Waals surface area contributed by atoms with Crippen molar-refractivity contribution in [1.29, 1.82) is 0 Å². The van der Waals surface area contributed by atoms with Crippen LogP contribution in [-0.4, -0.2) is 22.8 Å². The summed E-state index contributed by atoms with van der Waals surface area (Å²) in [6.07, 6.45) is -9.66. The van der Waals surface area contributed by atoms with Crippen molar-refractivity contribution in [3.8, 4) is 5.88 Å². The van der Waals surface area contributed by atoms with Gasteiger partial charge in [0.25, 0.3) is 0 Å². The van der Waals surface area contributed by atoms with Crippen LogP contribution >= 0.6 is 0 Å². The van der Waals surface area contributed by atoms with Gasteiger partial charge in [-0.2, -0.15) is 31.3 Å². The van der Waals surface area contributed by atoms with Gasteiger partial charge in [0.05, 0.1) is 0 Å². The number of hydrogen-bond donors (Lipinski definition) is 1. The van der Waals surface area contributed by atoms with Crippen molar-refractivity contribution in [3.63, 3.8) is 0 Å². The predicted octanol–water partition coefficient (Wildman–Crippen LogP) is 3.92. The normalized spacial score (nSPS) is 12.3. The fourth-order valence-corrected chi connectivity index (χ4v) is 1.96. The quantitative estimate of drug-likeness (QED) is 0.659. The van der Waals surface area contributed by atoms with Gasteiger partial charge in [0, 0.05) is 18.2 Å². The summed E-state index contributed by atoms with van der Waals surface area (Å²) in [5.41, 5.74) is 6.06. The lowest BCUT2D eigenvalue weighted by molar-refractivity contribution is -0.154. The Morgan fingerprint density at radius 3 is 2.28 bits per heavy atom. The van der Waals surface area contributed by atoms with Crippen LogP contribution in [0.15, 0.2) is 24.3 Å². The van der Waals surface area contributed by atoms with Gasteiger partial charge in [-0.05, 0) is 24.1 Å². The van der Waals surface area contributed by atoms with Crippen LogP contribution in [0.4, 0.5) is 32.0 Å². The number of ether oxygens (including phenoxy) is 1. The Hall–Kier alpha value is -2.52. The number of hydrogen-bond acceptors (Lipinski definition) is 4. The molecule has 0 saturated heterocycles. The summed E-state index contributed by atoms with van der Waals surface area (Å²) in [5, 5.41) is 0. The molecule has 1 aromatic heterocycles. The highest BCUT2D eigenvalue weighted by Crippen LogP contribution is 2.30. The van der Waals surface area contributed by atoms with Crippen LogP contribution in [0.3, 0.4) is 0 Å². The van der Waals surface area contributed by atoms with Crippen molar-refractivity contribution in [2.24, 2.45) is 0 Å². The van der Waals surface area contributed by atoms with E-state index in [0.717, 1.165) is 0 Å². The van der Waals surface area contributed by atoms with Gasteiger partial charge in [-0.15, -0.1) is 0 Å². The van der Waals surface area contributed by atoms with E-state index in [1.54, 1.807) is 25.1 Å². The first-order valence-corrected chi connectivity index (χ1v) is 6.94. The molecular weight excluding hydrogens is 352 g/mol. The van der Waals surface area contributed by atoms with Gasteiger partial charge in [0.15, 0.2) is 12.3 Å². The second-order valence-corrected chi connectivity index (χ2v) is 5.28. The summed E-state index contributed by atoms with van der Waals surface area (Å²) in [6, 6.07) is 5.11. The minimum atomic E-state index is -4.84. The summed E-state index contributed by atoms with van der Waals surface area (Å²) >= 11 is 0. The highest BCUT2D eigenvalue weighted by Gasteiger charge is 2.35. The summed E-state index contributed by atoms with van der Waals surface area (Å²) in [5.74, 6) is -1.10. The number of nitrogens with two attached hydrogens (primary N) is 1. The van der Waals surface area contributed by atoms with Crippen molar-refractivity contribution in [2.45, 2.75) is 25.7 Å². The first kappa shape index (κ1) is 18.8. The molecule has 1 aromatic carbocycles. The van der Waals surface area contributed by atoms with E-state index in [2.05, 4.69) is 14.7 Å². The van der Waals surface area contributed by atoms with Gasteiger partial charge in [0.1, 0.15) is 5.82 Å². The highest BCUT2D eigenvalue weighted by atomic mass is 19.4. The van der Waals surface area contributed by atoms with E-state index in [0.29, 0.717) is 22.9 Å². The molecule has 2 N–H and O–H groups in total. The third-order valence-corrected chi connectivity index (χ3v) is 3.12. The molecule has 0 aliphatic carbocycles. The van der Waals surface area contributed by atoms with E-state index >= 15 is 0 Å². The smallest absolute Gasteiger partial charge is 0.433 e. The minimum Gasteiger partial charge on any atom is -0.468 e. The highest BCUT2D eigenvalue weighted by molar-refractivity contribution is 5.48. The average Bonchev–Trinajstić information content (AvgIpc) is 2.47. The van der Waals surface area contributed by atoms with Crippen LogP contribution in [0, 0.1) is 6.92 Å². The lowest BCUT2D eigenvalue weighted by atomic mass is 10.1. The molecule has 0 aliphatic rings. The predicted molar refractivity (Wildman–Crippen MR) is 77.0 cm³/mol. The molecule has 4 nitrogen and oxygen atoms in total. The van der Waals surface area contributed by atoms with Gasteiger partial charge in [-0.25, -0.2) is 4.98 Å². The maximum absolute atomic E-state index is 12.9. The van der Waals surface area contributed by atoms with Crippen LogP contribution in [0.2, 0.25) is 0 Å². The van der Waals surface area contributed by atoms with Gasteiger partial charge >= 0.3 is 12.4 Å². The topological polar surface area (TPSA) is 61.0 Å². The number of nitrogens with zero attached hydrogens (tertiary/aromatic N) is 2. The second kappa shape index (κ2) is 6.77. The number of aryl methyl sites for hydroxylation is 1. The number of rotatable bonds is 4. The number of anilines is 1. The van der Waals surface area contributed by atoms with Crippen molar-refractivity contribution in [3.05, 3.63) is 46.9 Å². The van der Waals surface area contributed by atoms with Crippen molar-refractivity contribution in [1.82, 2.24) is 9.97 Å². The Kier molecular flexibility index (Phi) is 5.09. The summed E-state index contributed by atoms with van der Waals surface area (Å²) in [7, 11) is 0. The number of benzene rings is 1. The van der Waals surface area contributed by atoms with E-state index in [9.17, 15) is 26.3 Å². The fourth-order valence-electron chi connectivity index (χ4n) is 1.96. The van der Waals surface area contributed by atoms with Crippen LogP contribution < -0.4 is 10.5 Å². The minimum absolute atomic E-state index is 0.118.